The number of likely N-dealkylation sites (tertiary alicyclic amines) is 1. The van der Waals surface area contributed by atoms with Crippen LogP contribution in [0.4, 0.5) is 5.69 Å². The van der Waals surface area contributed by atoms with Crippen LogP contribution in [0.5, 0.6) is 11.5 Å². The van der Waals surface area contributed by atoms with Crippen molar-refractivity contribution in [1.82, 2.24) is 25.8 Å². The van der Waals surface area contributed by atoms with Crippen molar-refractivity contribution in [3.05, 3.63) is 89.5 Å². The van der Waals surface area contributed by atoms with Gasteiger partial charge in [-0.25, -0.2) is 0 Å². The molecule has 16 heteroatoms. The lowest BCUT2D eigenvalue weighted by Gasteiger charge is -2.52. The van der Waals surface area contributed by atoms with E-state index in [9.17, 15) is 38.7 Å². The van der Waals surface area contributed by atoms with Gasteiger partial charge in [0.1, 0.15) is 34.6 Å². The number of aryl methyl sites for hydroxylation is 1. The first-order valence-corrected chi connectivity index (χ1v) is 25.3. The predicted molar refractivity (Wildman–Crippen MR) is 265 cm³/mol. The molecule has 3 aromatic rings. The van der Waals surface area contributed by atoms with Crippen molar-refractivity contribution in [2.45, 2.75) is 134 Å². The molecule has 1 aliphatic carbocycles. The first-order chi connectivity index (χ1) is 33.8. The maximum Gasteiger partial charge on any atom is 0.251 e. The zero-order valence-corrected chi connectivity index (χ0v) is 40.9. The van der Waals surface area contributed by atoms with E-state index in [1.165, 1.54) is 6.92 Å². The Balaban J connectivity index is 0.820. The first kappa shape index (κ1) is 53.4. The van der Waals surface area contributed by atoms with Crippen molar-refractivity contribution in [3.8, 4) is 11.5 Å². The zero-order valence-electron chi connectivity index (χ0n) is 40.9. The number of amides is 5. The van der Waals surface area contributed by atoms with Crippen LogP contribution in [0.2, 0.25) is 0 Å². The van der Waals surface area contributed by atoms with Crippen LogP contribution < -0.4 is 26.0 Å². The largest absolute Gasteiger partial charge is 0.457 e. The quantitative estimate of drug-likeness (QED) is 0.0463. The lowest BCUT2D eigenvalue weighted by molar-refractivity contribution is -0.166. The van der Waals surface area contributed by atoms with E-state index < -0.39 is 17.7 Å². The fraction of sp³-hybridized carbons (Fsp3) is 0.537. The van der Waals surface area contributed by atoms with Gasteiger partial charge in [-0.1, -0.05) is 56.9 Å². The summed E-state index contributed by atoms with van der Waals surface area (Å²) in [5.41, 5.74) is 2.23. The van der Waals surface area contributed by atoms with E-state index in [-0.39, 0.29) is 86.0 Å². The van der Waals surface area contributed by atoms with Crippen molar-refractivity contribution in [2.75, 3.05) is 51.3 Å². The molecule has 0 radical (unpaired) electrons. The number of carbonyl (C=O) groups is 7. The number of piperidine rings is 1. The standard InChI is InChI=1S/C54H72N6O10/c1-3-4-31-60-52(67)49(50(65)41-9-6-5-7-10-41)58-53(68)54(60)27-32-59(33-28-54)37-40-16-23-45(24-17-40)70-46-25-18-42(19-26-46)51(66)56-30-35-69-34-29-55-47(63)11-8-12-48(64)57-43-20-13-39(14-21-43)15-22-44(62)36-38(2)61/h13-14,16-21,23-26,41,49-50,65H,3-12,15,22,27-37H2,1-2H3,(H,55,63)(H,56,66)(H,57,64)(H,58,68)/t49-,50+/m0/s1. The highest BCUT2D eigenvalue weighted by Gasteiger charge is 2.55. The normalized spacial score (nSPS) is 17.6. The molecule has 2 atom stereocenters. The molecule has 3 fully saturated rings. The number of benzene rings is 3. The van der Waals surface area contributed by atoms with Crippen LogP contribution in [0.3, 0.4) is 0 Å². The van der Waals surface area contributed by atoms with Gasteiger partial charge in [-0.05, 0) is 117 Å². The second kappa shape index (κ2) is 26.9. The average molecular weight is 965 g/mol. The highest BCUT2D eigenvalue weighted by Crippen LogP contribution is 2.37. The summed E-state index contributed by atoms with van der Waals surface area (Å²) >= 11 is 0. The van der Waals surface area contributed by atoms with Gasteiger partial charge >= 0.3 is 0 Å². The Kier molecular flexibility index (Phi) is 20.5. The molecule has 3 aliphatic rings. The number of ketones is 2. The van der Waals surface area contributed by atoms with Gasteiger partial charge in [-0.3, -0.25) is 38.5 Å². The number of nitrogens with one attached hydrogen (secondary N) is 4. The summed E-state index contributed by atoms with van der Waals surface area (Å²) in [5.74, 6) is 0.123. The van der Waals surface area contributed by atoms with Gasteiger partial charge in [-0.15, -0.1) is 0 Å². The molecule has 3 aromatic carbocycles. The van der Waals surface area contributed by atoms with E-state index in [4.69, 9.17) is 9.47 Å². The minimum absolute atomic E-state index is 0.0382. The SMILES string of the molecule is CCCCN1C(=O)[C@H]([C@H](O)C2CCCCC2)NC(=O)C12CCN(Cc1ccc(Oc3ccc(C(=O)NCCOCCNC(=O)CCCC(=O)Nc4ccc(CCC(=O)CC(C)=O)cc4)cc3)cc1)CC2. The number of piperazine rings is 1. The van der Waals surface area contributed by atoms with E-state index >= 15 is 0 Å². The van der Waals surface area contributed by atoms with Crippen molar-refractivity contribution in [2.24, 2.45) is 5.92 Å². The molecule has 2 heterocycles. The minimum atomic E-state index is -0.895. The summed E-state index contributed by atoms with van der Waals surface area (Å²) in [6, 6.07) is 21.0. The molecule has 1 saturated carbocycles. The van der Waals surface area contributed by atoms with Crippen LogP contribution in [-0.4, -0.2) is 120 Å². The summed E-state index contributed by atoms with van der Waals surface area (Å²) in [6.07, 6.45) is 8.48. The first-order valence-electron chi connectivity index (χ1n) is 25.3. The third-order valence-electron chi connectivity index (χ3n) is 13.6. The highest BCUT2D eigenvalue weighted by atomic mass is 16.5. The number of hydrogen-bond acceptors (Lipinski definition) is 11. The minimum Gasteiger partial charge on any atom is -0.457 e. The predicted octanol–water partition coefficient (Wildman–Crippen LogP) is 6.03. The molecule has 0 unspecified atom stereocenters. The number of carbonyl (C=O) groups excluding carboxylic acids is 7. The monoisotopic (exact) mass is 965 g/mol. The highest BCUT2D eigenvalue weighted by molar-refractivity contribution is 6.00. The molecule has 2 saturated heterocycles. The maximum absolute atomic E-state index is 14.0. The number of nitrogens with zero attached hydrogens (tertiary/aromatic N) is 2. The molecular weight excluding hydrogens is 893 g/mol. The maximum atomic E-state index is 14.0. The molecule has 70 heavy (non-hydrogen) atoms. The number of anilines is 1. The topological polar surface area (TPSA) is 213 Å². The summed E-state index contributed by atoms with van der Waals surface area (Å²) < 4.78 is 11.6. The van der Waals surface area contributed by atoms with Crippen LogP contribution in [0.1, 0.15) is 125 Å². The summed E-state index contributed by atoms with van der Waals surface area (Å²) in [6.45, 7) is 7.13. The number of aliphatic hydroxyl groups excluding tert-OH is 1. The third-order valence-corrected chi connectivity index (χ3v) is 13.6. The Bertz CT molecular complexity index is 2220. The van der Waals surface area contributed by atoms with Gasteiger partial charge in [0.05, 0.1) is 25.7 Å². The van der Waals surface area contributed by atoms with Gasteiger partial charge in [0.15, 0.2) is 0 Å². The van der Waals surface area contributed by atoms with Crippen molar-refractivity contribution in [3.63, 3.8) is 0 Å². The van der Waals surface area contributed by atoms with Crippen LogP contribution >= 0.6 is 0 Å². The molecule has 1 spiro atoms. The van der Waals surface area contributed by atoms with Crippen molar-refractivity contribution >= 4 is 46.8 Å². The Morgan fingerprint density at radius 1 is 0.786 bits per heavy atom. The number of aliphatic hydroxyl groups is 1. The van der Waals surface area contributed by atoms with Gasteiger partial charge < -0.3 is 40.7 Å². The summed E-state index contributed by atoms with van der Waals surface area (Å²) in [7, 11) is 0. The fourth-order valence-electron chi connectivity index (χ4n) is 9.60. The summed E-state index contributed by atoms with van der Waals surface area (Å²) in [4.78, 5) is 92.2. The van der Waals surface area contributed by atoms with Crippen LogP contribution in [0, 0.1) is 5.92 Å². The molecule has 5 amide bonds. The van der Waals surface area contributed by atoms with Crippen LogP contribution in [0.25, 0.3) is 0 Å². The average Bonchev–Trinajstić information content (AvgIpc) is 3.35. The smallest absolute Gasteiger partial charge is 0.251 e. The molecule has 0 aromatic heterocycles. The lowest BCUT2D eigenvalue weighted by atomic mass is 9.78. The Morgan fingerprint density at radius 3 is 2.07 bits per heavy atom. The van der Waals surface area contributed by atoms with Gasteiger partial charge in [0.25, 0.3) is 5.91 Å². The Labute approximate surface area is 412 Å². The number of rotatable bonds is 26. The molecular formula is C54H72N6O10. The molecule has 0 bridgehead atoms. The van der Waals surface area contributed by atoms with Crippen LogP contribution in [-0.2, 0) is 46.5 Å². The fourth-order valence-corrected chi connectivity index (χ4v) is 9.60. The number of ether oxygens (including phenoxy) is 2. The Hall–Kier alpha value is -5.97. The second-order valence-electron chi connectivity index (χ2n) is 19.0. The van der Waals surface area contributed by atoms with E-state index in [1.807, 2.05) is 41.3 Å². The third kappa shape index (κ3) is 15.8. The second-order valence-corrected chi connectivity index (χ2v) is 19.0. The number of hydrogen-bond donors (Lipinski definition) is 5. The van der Waals surface area contributed by atoms with Gasteiger partial charge in [-0.2, -0.15) is 0 Å². The van der Waals surface area contributed by atoms with Crippen molar-refractivity contribution < 1.29 is 48.1 Å². The number of Topliss-reactive ketones (excluding diaryl/α,β-unsaturated/α-hetero) is 2. The van der Waals surface area contributed by atoms with E-state index in [1.54, 1.807) is 36.4 Å². The van der Waals surface area contributed by atoms with Crippen LogP contribution in [0.15, 0.2) is 72.8 Å². The molecule has 2 aliphatic heterocycles. The lowest BCUT2D eigenvalue weighted by Crippen LogP contribution is -2.75. The van der Waals surface area contributed by atoms with Gasteiger partial charge in [0, 0.05) is 69.8 Å². The molecule has 378 valence electrons. The number of unbranched alkanes of at least 4 members (excludes halogenated alkanes) is 1. The van der Waals surface area contributed by atoms with E-state index in [2.05, 4.69) is 33.1 Å². The Morgan fingerprint density at radius 2 is 1.41 bits per heavy atom. The van der Waals surface area contributed by atoms with E-state index in [0.717, 1.165) is 56.1 Å². The molecule has 5 N–H and O–H groups in total. The van der Waals surface area contributed by atoms with Crippen molar-refractivity contribution in [1.29, 1.82) is 0 Å². The molecule has 6 rings (SSSR count). The molecule has 16 nitrogen and oxygen atoms in total. The summed E-state index contributed by atoms with van der Waals surface area (Å²) in [5, 5.41) is 22.7. The van der Waals surface area contributed by atoms with Gasteiger partial charge in [0.2, 0.25) is 23.6 Å². The van der Waals surface area contributed by atoms with E-state index in [0.29, 0.717) is 87.6 Å². The zero-order chi connectivity index (χ0) is 49.9.